The summed E-state index contributed by atoms with van der Waals surface area (Å²) in [5.41, 5.74) is 1.62. The van der Waals surface area contributed by atoms with Crippen LogP contribution in [0.4, 0.5) is 0 Å². The number of aromatic amines is 1. The number of esters is 1. The summed E-state index contributed by atoms with van der Waals surface area (Å²) in [4.78, 5) is 11.6. The average molecular weight is 276 g/mol. The van der Waals surface area contributed by atoms with Gasteiger partial charge in [0.1, 0.15) is 17.2 Å². The number of benzene rings is 1. The Balaban J connectivity index is 2.38. The zero-order chi connectivity index (χ0) is 14.5. The first-order valence-corrected chi connectivity index (χ1v) is 6.14. The minimum atomic E-state index is -0.437. The fourth-order valence-electron chi connectivity index (χ4n) is 1.79. The quantitative estimate of drug-likeness (QED) is 0.848. The van der Waals surface area contributed by atoms with Gasteiger partial charge in [-0.1, -0.05) is 0 Å². The van der Waals surface area contributed by atoms with Gasteiger partial charge in [-0.3, -0.25) is 5.10 Å². The largest absolute Gasteiger partial charge is 0.497 e. The Morgan fingerprint density at radius 1 is 1.25 bits per heavy atom. The number of hydrogen-bond acceptors (Lipinski definition) is 5. The van der Waals surface area contributed by atoms with Crippen LogP contribution in [-0.2, 0) is 4.74 Å². The monoisotopic (exact) mass is 276 g/mol. The van der Waals surface area contributed by atoms with Gasteiger partial charge >= 0.3 is 5.97 Å². The van der Waals surface area contributed by atoms with Crippen LogP contribution in [0, 0.1) is 0 Å². The molecule has 0 aliphatic rings. The van der Waals surface area contributed by atoms with Crippen LogP contribution in [0.5, 0.6) is 11.5 Å². The Kier molecular flexibility index (Phi) is 4.24. The molecular formula is C14H16N2O4. The highest BCUT2D eigenvalue weighted by Crippen LogP contribution is 2.32. The van der Waals surface area contributed by atoms with Crippen LogP contribution < -0.4 is 9.47 Å². The van der Waals surface area contributed by atoms with Crippen molar-refractivity contribution in [3.8, 4) is 22.8 Å². The highest BCUT2D eigenvalue weighted by atomic mass is 16.5. The summed E-state index contributed by atoms with van der Waals surface area (Å²) in [7, 11) is 3.16. The number of carbonyl (C=O) groups is 1. The van der Waals surface area contributed by atoms with E-state index in [1.165, 1.54) is 0 Å². The van der Waals surface area contributed by atoms with E-state index in [2.05, 4.69) is 10.2 Å². The normalized spacial score (nSPS) is 10.2. The molecule has 0 spiro atoms. The van der Waals surface area contributed by atoms with E-state index < -0.39 is 5.97 Å². The van der Waals surface area contributed by atoms with E-state index in [9.17, 15) is 4.79 Å². The standard InChI is InChI=1S/C14H16N2O4/c1-4-20-14(17)12-8-11(15-16-12)10-7-9(18-2)5-6-13(10)19-3/h5-8H,4H2,1-3H3,(H,15,16). The summed E-state index contributed by atoms with van der Waals surface area (Å²) in [5.74, 6) is 0.891. The molecule has 1 aromatic heterocycles. The van der Waals surface area contributed by atoms with Gasteiger partial charge in [0, 0.05) is 5.56 Å². The van der Waals surface area contributed by atoms with Crippen molar-refractivity contribution >= 4 is 5.97 Å². The molecule has 0 unspecified atom stereocenters. The molecule has 0 amide bonds. The van der Waals surface area contributed by atoms with E-state index in [1.807, 2.05) is 0 Å². The van der Waals surface area contributed by atoms with Gasteiger partial charge in [-0.25, -0.2) is 4.79 Å². The van der Waals surface area contributed by atoms with E-state index in [4.69, 9.17) is 14.2 Å². The van der Waals surface area contributed by atoms with Gasteiger partial charge in [0.15, 0.2) is 0 Å². The van der Waals surface area contributed by atoms with Crippen molar-refractivity contribution in [2.75, 3.05) is 20.8 Å². The van der Waals surface area contributed by atoms with E-state index in [1.54, 1.807) is 45.4 Å². The lowest BCUT2D eigenvalue weighted by Gasteiger charge is -2.08. The minimum absolute atomic E-state index is 0.298. The first kappa shape index (κ1) is 13.9. The molecular weight excluding hydrogens is 260 g/mol. The number of H-pyrrole nitrogens is 1. The van der Waals surface area contributed by atoms with Crippen LogP contribution in [0.15, 0.2) is 24.3 Å². The van der Waals surface area contributed by atoms with Gasteiger partial charge in [-0.05, 0) is 31.2 Å². The van der Waals surface area contributed by atoms with Crippen LogP contribution in [0.1, 0.15) is 17.4 Å². The van der Waals surface area contributed by atoms with Gasteiger partial charge in [0.2, 0.25) is 0 Å². The Bertz CT molecular complexity index is 607. The zero-order valence-electron chi connectivity index (χ0n) is 11.6. The lowest BCUT2D eigenvalue weighted by atomic mass is 10.1. The second-order valence-corrected chi connectivity index (χ2v) is 3.95. The molecule has 0 saturated carbocycles. The average Bonchev–Trinajstić information content (AvgIpc) is 2.96. The molecule has 1 aromatic carbocycles. The Morgan fingerprint density at radius 3 is 2.70 bits per heavy atom. The molecule has 2 aromatic rings. The molecule has 2 rings (SSSR count). The van der Waals surface area contributed by atoms with Crippen molar-refractivity contribution in [3.63, 3.8) is 0 Å². The fourth-order valence-corrected chi connectivity index (χ4v) is 1.79. The van der Waals surface area contributed by atoms with Gasteiger partial charge in [-0.2, -0.15) is 5.10 Å². The summed E-state index contributed by atoms with van der Waals surface area (Å²) >= 11 is 0. The number of aromatic nitrogens is 2. The smallest absolute Gasteiger partial charge is 0.356 e. The van der Waals surface area contributed by atoms with Crippen molar-refractivity contribution in [2.45, 2.75) is 6.92 Å². The number of rotatable bonds is 5. The minimum Gasteiger partial charge on any atom is -0.497 e. The van der Waals surface area contributed by atoms with Gasteiger partial charge in [0.05, 0.1) is 26.5 Å². The highest BCUT2D eigenvalue weighted by Gasteiger charge is 2.15. The third-order valence-corrected chi connectivity index (χ3v) is 2.76. The first-order chi connectivity index (χ1) is 9.69. The predicted molar refractivity (Wildman–Crippen MR) is 73.1 cm³/mol. The third kappa shape index (κ3) is 2.74. The molecule has 0 aliphatic carbocycles. The number of methoxy groups -OCH3 is 2. The summed E-state index contributed by atoms with van der Waals surface area (Å²) in [6, 6.07) is 6.99. The van der Waals surface area contributed by atoms with Crippen molar-refractivity contribution in [3.05, 3.63) is 30.0 Å². The summed E-state index contributed by atoms with van der Waals surface area (Å²) < 4.78 is 15.4. The molecule has 1 N–H and O–H groups in total. The fraction of sp³-hybridized carbons (Fsp3) is 0.286. The first-order valence-electron chi connectivity index (χ1n) is 6.14. The number of hydrogen-bond donors (Lipinski definition) is 1. The van der Waals surface area contributed by atoms with Gasteiger partial charge in [-0.15, -0.1) is 0 Å². The summed E-state index contributed by atoms with van der Waals surface area (Å²) in [5, 5.41) is 6.77. The molecule has 0 bridgehead atoms. The molecule has 0 aliphatic heterocycles. The van der Waals surface area contributed by atoms with E-state index >= 15 is 0 Å². The second kappa shape index (κ2) is 6.10. The topological polar surface area (TPSA) is 73.4 Å². The third-order valence-electron chi connectivity index (χ3n) is 2.76. The molecule has 0 fully saturated rings. The molecule has 6 nitrogen and oxygen atoms in total. The van der Waals surface area contributed by atoms with Crippen LogP contribution in [-0.4, -0.2) is 37.0 Å². The van der Waals surface area contributed by atoms with Crippen LogP contribution >= 0.6 is 0 Å². The van der Waals surface area contributed by atoms with Crippen molar-refractivity contribution in [1.82, 2.24) is 10.2 Å². The Hall–Kier alpha value is -2.50. The number of nitrogens with one attached hydrogen (secondary N) is 1. The maximum absolute atomic E-state index is 11.6. The SMILES string of the molecule is CCOC(=O)c1cc(-c2cc(OC)ccc2OC)n[nH]1. The van der Waals surface area contributed by atoms with Crippen molar-refractivity contribution in [1.29, 1.82) is 0 Å². The van der Waals surface area contributed by atoms with Crippen LogP contribution in [0.2, 0.25) is 0 Å². The predicted octanol–water partition coefficient (Wildman–Crippen LogP) is 2.27. The van der Waals surface area contributed by atoms with Gasteiger partial charge in [0.25, 0.3) is 0 Å². The van der Waals surface area contributed by atoms with Crippen LogP contribution in [0.3, 0.4) is 0 Å². The summed E-state index contributed by atoms with van der Waals surface area (Å²) in [6.45, 7) is 2.07. The summed E-state index contributed by atoms with van der Waals surface area (Å²) in [6.07, 6.45) is 0. The molecule has 0 atom stereocenters. The molecule has 1 heterocycles. The van der Waals surface area contributed by atoms with E-state index in [0.717, 1.165) is 5.56 Å². The van der Waals surface area contributed by atoms with Crippen molar-refractivity contribution in [2.24, 2.45) is 0 Å². The molecule has 0 saturated heterocycles. The zero-order valence-corrected chi connectivity index (χ0v) is 11.6. The molecule has 6 heteroatoms. The second-order valence-electron chi connectivity index (χ2n) is 3.95. The van der Waals surface area contributed by atoms with Crippen molar-refractivity contribution < 1.29 is 19.0 Å². The number of nitrogens with zero attached hydrogens (tertiary/aromatic N) is 1. The van der Waals surface area contributed by atoms with Gasteiger partial charge < -0.3 is 14.2 Å². The van der Waals surface area contributed by atoms with E-state index in [-0.39, 0.29) is 0 Å². The lowest BCUT2D eigenvalue weighted by Crippen LogP contribution is -2.04. The Morgan fingerprint density at radius 2 is 2.05 bits per heavy atom. The maximum atomic E-state index is 11.6. The Labute approximate surface area is 116 Å². The molecule has 0 radical (unpaired) electrons. The molecule has 106 valence electrons. The number of ether oxygens (including phenoxy) is 3. The lowest BCUT2D eigenvalue weighted by molar-refractivity contribution is 0.0519. The highest BCUT2D eigenvalue weighted by molar-refractivity contribution is 5.89. The number of carbonyl (C=O) groups excluding carboxylic acids is 1. The maximum Gasteiger partial charge on any atom is 0.356 e. The van der Waals surface area contributed by atoms with Crippen LogP contribution in [0.25, 0.3) is 11.3 Å². The van der Waals surface area contributed by atoms with E-state index in [0.29, 0.717) is 29.5 Å². The molecule has 20 heavy (non-hydrogen) atoms.